The number of aromatic nitrogens is 5. The average Bonchev–Trinajstić information content (AvgIpc) is 3.26. The Hall–Kier alpha value is -4.19. The predicted octanol–water partition coefficient (Wildman–Crippen LogP) is 4.06. The van der Waals surface area contributed by atoms with Gasteiger partial charge >= 0.3 is 0 Å². The lowest BCUT2D eigenvalue weighted by Gasteiger charge is -2.29. The lowest BCUT2D eigenvalue weighted by Crippen LogP contribution is -2.27. The molecule has 178 valence electrons. The van der Waals surface area contributed by atoms with E-state index in [9.17, 15) is 4.79 Å². The van der Waals surface area contributed by atoms with E-state index >= 15 is 0 Å². The molecule has 1 N–H and O–H groups in total. The van der Waals surface area contributed by atoms with Crippen molar-refractivity contribution >= 4 is 16.7 Å². The molecular formula is C26H27N7O2. The third-order valence-corrected chi connectivity index (χ3v) is 6.45. The lowest BCUT2D eigenvalue weighted by molar-refractivity contribution is 0.123. The molecule has 5 rings (SSSR count). The Morgan fingerprint density at radius 3 is 2.57 bits per heavy atom. The van der Waals surface area contributed by atoms with Crippen LogP contribution in [0.5, 0.6) is 5.88 Å². The largest absolute Gasteiger partial charge is 0.473 e. The van der Waals surface area contributed by atoms with Crippen LogP contribution in [0.25, 0.3) is 22.2 Å². The molecule has 0 atom stereocenters. The minimum Gasteiger partial charge on any atom is -0.473 e. The van der Waals surface area contributed by atoms with Crippen molar-refractivity contribution in [3.63, 3.8) is 0 Å². The van der Waals surface area contributed by atoms with Crippen molar-refractivity contribution in [2.24, 2.45) is 7.05 Å². The minimum absolute atomic E-state index is 0.0510. The maximum atomic E-state index is 11.6. The van der Waals surface area contributed by atoms with Crippen molar-refractivity contribution in [3.8, 4) is 23.2 Å². The molecule has 0 radical (unpaired) electrons. The zero-order chi connectivity index (χ0) is 24.4. The molecule has 1 saturated carbocycles. The van der Waals surface area contributed by atoms with Crippen LogP contribution in [0.2, 0.25) is 0 Å². The van der Waals surface area contributed by atoms with Crippen LogP contribution in [0.4, 0.5) is 5.82 Å². The van der Waals surface area contributed by atoms with E-state index in [-0.39, 0.29) is 17.7 Å². The van der Waals surface area contributed by atoms with Gasteiger partial charge in [-0.15, -0.1) is 5.10 Å². The van der Waals surface area contributed by atoms with E-state index in [0.29, 0.717) is 11.4 Å². The van der Waals surface area contributed by atoms with Gasteiger partial charge in [0.15, 0.2) is 0 Å². The number of pyridine rings is 1. The van der Waals surface area contributed by atoms with Crippen LogP contribution in [-0.2, 0) is 7.05 Å². The summed E-state index contributed by atoms with van der Waals surface area (Å²) in [6.07, 6.45) is 5.50. The quantitative estimate of drug-likeness (QED) is 0.453. The number of hydrogen-bond acceptors (Lipinski definition) is 7. The first-order valence-corrected chi connectivity index (χ1v) is 11.9. The fraction of sp³-hybridized carbons (Fsp3) is 0.346. The maximum absolute atomic E-state index is 11.6. The molecule has 9 heteroatoms. The fourth-order valence-corrected chi connectivity index (χ4v) is 4.63. The summed E-state index contributed by atoms with van der Waals surface area (Å²) >= 11 is 0. The molecule has 3 aromatic heterocycles. The van der Waals surface area contributed by atoms with Crippen molar-refractivity contribution < 1.29 is 4.74 Å². The first-order valence-electron chi connectivity index (χ1n) is 11.9. The zero-order valence-corrected chi connectivity index (χ0v) is 19.8. The van der Waals surface area contributed by atoms with Crippen LogP contribution in [0, 0.1) is 11.3 Å². The number of nitriles is 1. The molecule has 0 amide bonds. The summed E-state index contributed by atoms with van der Waals surface area (Å²) < 4.78 is 9.48. The fourth-order valence-electron chi connectivity index (χ4n) is 4.63. The highest BCUT2D eigenvalue weighted by Gasteiger charge is 2.27. The van der Waals surface area contributed by atoms with Gasteiger partial charge in [0.2, 0.25) is 5.88 Å². The summed E-state index contributed by atoms with van der Waals surface area (Å²) in [6.45, 7) is 2.84. The van der Waals surface area contributed by atoms with Gasteiger partial charge in [0.1, 0.15) is 17.6 Å². The van der Waals surface area contributed by atoms with E-state index in [4.69, 9.17) is 15.1 Å². The van der Waals surface area contributed by atoms with Gasteiger partial charge in [-0.1, -0.05) is 12.1 Å². The van der Waals surface area contributed by atoms with Crippen LogP contribution >= 0.6 is 0 Å². The van der Waals surface area contributed by atoms with E-state index in [0.717, 1.165) is 60.2 Å². The number of nitrogens with zero attached hydrogens (tertiary/aromatic N) is 6. The summed E-state index contributed by atoms with van der Waals surface area (Å²) in [4.78, 5) is 16.2. The second kappa shape index (κ2) is 9.58. The molecule has 1 aromatic carbocycles. The Morgan fingerprint density at radius 2 is 1.89 bits per heavy atom. The molecule has 9 nitrogen and oxygen atoms in total. The van der Waals surface area contributed by atoms with Crippen LogP contribution in [0.1, 0.15) is 44.2 Å². The number of ether oxygens (including phenoxy) is 1. The summed E-state index contributed by atoms with van der Waals surface area (Å²) in [5, 5.41) is 22.7. The SMILES string of the molecule is CCNc1cc2c(cn1)c(-c1ccc(C#N)cc1)nn2[C@H]1CC[C@@H](Oc2ccc(=O)n(C)n2)CC1. The van der Waals surface area contributed by atoms with E-state index in [2.05, 4.69) is 32.2 Å². The molecule has 0 bridgehead atoms. The molecule has 0 unspecified atom stereocenters. The monoisotopic (exact) mass is 469 g/mol. The normalized spacial score (nSPS) is 17.7. The third-order valence-electron chi connectivity index (χ3n) is 6.45. The number of benzene rings is 1. The second-order valence-corrected chi connectivity index (χ2v) is 8.78. The highest BCUT2D eigenvalue weighted by atomic mass is 16.5. The lowest BCUT2D eigenvalue weighted by atomic mass is 9.93. The second-order valence-electron chi connectivity index (χ2n) is 8.78. The first-order chi connectivity index (χ1) is 17.1. The predicted molar refractivity (Wildman–Crippen MR) is 133 cm³/mol. The van der Waals surface area contributed by atoms with Crippen LogP contribution in [-0.4, -0.2) is 37.2 Å². The van der Waals surface area contributed by atoms with Crippen molar-refractivity contribution in [2.45, 2.75) is 44.8 Å². The number of fused-ring (bicyclic) bond motifs is 1. The number of nitrogens with one attached hydrogen (secondary N) is 1. The highest BCUT2D eigenvalue weighted by molar-refractivity contribution is 5.94. The highest BCUT2D eigenvalue weighted by Crippen LogP contribution is 2.36. The average molecular weight is 470 g/mol. The molecule has 0 aliphatic heterocycles. The summed E-state index contributed by atoms with van der Waals surface area (Å²) in [5.74, 6) is 1.30. The van der Waals surface area contributed by atoms with Crippen molar-refractivity contribution in [1.82, 2.24) is 24.5 Å². The van der Waals surface area contributed by atoms with Gasteiger partial charge < -0.3 is 10.1 Å². The van der Waals surface area contributed by atoms with E-state index in [1.54, 1.807) is 13.1 Å². The Morgan fingerprint density at radius 1 is 1.11 bits per heavy atom. The molecule has 35 heavy (non-hydrogen) atoms. The van der Waals surface area contributed by atoms with Crippen molar-refractivity contribution in [2.75, 3.05) is 11.9 Å². The van der Waals surface area contributed by atoms with Crippen LogP contribution < -0.4 is 15.6 Å². The molecule has 0 spiro atoms. The number of aryl methyl sites for hydroxylation is 1. The molecule has 4 aromatic rings. The van der Waals surface area contributed by atoms with Crippen LogP contribution in [0.15, 0.2) is 53.5 Å². The van der Waals surface area contributed by atoms with E-state index in [1.165, 1.54) is 10.7 Å². The molecule has 1 aliphatic rings. The third kappa shape index (κ3) is 4.60. The van der Waals surface area contributed by atoms with E-state index < -0.39 is 0 Å². The molecule has 1 aliphatic carbocycles. The number of hydrogen-bond donors (Lipinski definition) is 1. The Kier molecular flexibility index (Phi) is 6.19. The molecule has 0 saturated heterocycles. The summed E-state index contributed by atoms with van der Waals surface area (Å²) in [6, 6.07) is 15.1. The summed E-state index contributed by atoms with van der Waals surface area (Å²) in [5.41, 5.74) is 3.34. The summed E-state index contributed by atoms with van der Waals surface area (Å²) in [7, 11) is 1.62. The van der Waals surface area contributed by atoms with Crippen molar-refractivity contribution in [3.05, 3.63) is 64.6 Å². The zero-order valence-electron chi connectivity index (χ0n) is 19.8. The standard InChI is InChI=1S/C26H27N7O2/c1-3-28-23-14-22-21(16-29-23)26(18-6-4-17(15-27)5-7-18)31-33(22)19-8-10-20(11-9-19)35-24-12-13-25(34)32(2)30-24/h4-7,12-14,16,19-20H,3,8-11H2,1-2H3,(H,28,29)/t19-,20+. The minimum atomic E-state index is -0.156. The van der Waals surface area contributed by atoms with Gasteiger partial charge in [0.25, 0.3) is 5.56 Å². The molecule has 3 heterocycles. The van der Waals surface area contributed by atoms with Gasteiger partial charge in [0, 0.05) is 48.9 Å². The van der Waals surface area contributed by atoms with Gasteiger partial charge in [-0.3, -0.25) is 9.48 Å². The van der Waals surface area contributed by atoms with E-state index in [1.807, 2.05) is 37.4 Å². The molecular weight excluding hydrogens is 442 g/mol. The van der Waals surface area contributed by atoms with Gasteiger partial charge in [0.05, 0.1) is 23.2 Å². The van der Waals surface area contributed by atoms with Gasteiger partial charge in [-0.2, -0.15) is 10.4 Å². The Bertz CT molecular complexity index is 1440. The van der Waals surface area contributed by atoms with Crippen LogP contribution in [0.3, 0.4) is 0 Å². The number of rotatable bonds is 6. The Balaban J connectivity index is 1.42. The Labute approximate surface area is 203 Å². The van der Waals surface area contributed by atoms with Crippen molar-refractivity contribution in [1.29, 1.82) is 5.26 Å². The maximum Gasteiger partial charge on any atom is 0.266 e. The molecule has 1 fully saturated rings. The topological polar surface area (TPSA) is 111 Å². The van der Waals surface area contributed by atoms with Gasteiger partial charge in [-0.05, 0) is 44.7 Å². The smallest absolute Gasteiger partial charge is 0.266 e. The van der Waals surface area contributed by atoms with Gasteiger partial charge in [-0.25, -0.2) is 9.67 Å². The number of anilines is 1. The first kappa shape index (κ1) is 22.6.